The average molecular weight is 334 g/mol. The van der Waals surface area contributed by atoms with Crippen molar-refractivity contribution in [1.82, 2.24) is 10.3 Å². The monoisotopic (exact) mass is 333 g/mol. The van der Waals surface area contributed by atoms with E-state index in [4.69, 9.17) is 16.3 Å². The zero-order chi connectivity index (χ0) is 16.9. The molecule has 5 nitrogen and oxygen atoms in total. The van der Waals surface area contributed by atoms with Gasteiger partial charge in [-0.1, -0.05) is 23.7 Å². The largest absolute Gasteiger partial charge is 0.444 e. The maximum Gasteiger partial charge on any atom is 0.407 e. The van der Waals surface area contributed by atoms with Crippen molar-refractivity contribution >= 4 is 29.2 Å². The van der Waals surface area contributed by atoms with Crippen LogP contribution in [0.4, 0.5) is 16.3 Å². The summed E-state index contributed by atoms with van der Waals surface area (Å²) >= 11 is 6.08. The van der Waals surface area contributed by atoms with Gasteiger partial charge in [-0.25, -0.2) is 9.78 Å². The number of pyridine rings is 1. The summed E-state index contributed by atoms with van der Waals surface area (Å²) in [5.41, 5.74) is 1.27. The van der Waals surface area contributed by atoms with E-state index in [1.54, 1.807) is 18.3 Å². The van der Waals surface area contributed by atoms with Crippen LogP contribution in [0, 0.1) is 0 Å². The molecule has 0 aliphatic rings. The number of anilines is 2. The van der Waals surface area contributed by atoms with Gasteiger partial charge in [-0.15, -0.1) is 0 Å². The van der Waals surface area contributed by atoms with E-state index in [1.165, 1.54) is 0 Å². The standard InChI is InChI=1S/C17H20ClN3O2/c1-17(2,3)23-16(22)20-11-12-6-4-7-13(10-12)21-15-14(18)8-5-9-19-15/h4-10H,11H2,1-3H3,(H,19,21)(H,20,22). The molecule has 0 atom stereocenters. The average Bonchev–Trinajstić information content (AvgIpc) is 2.46. The minimum atomic E-state index is -0.511. The molecular weight excluding hydrogens is 314 g/mol. The van der Waals surface area contributed by atoms with Crippen molar-refractivity contribution in [2.24, 2.45) is 0 Å². The van der Waals surface area contributed by atoms with Gasteiger partial charge in [-0.05, 0) is 50.6 Å². The van der Waals surface area contributed by atoms with Crippen LogP contribution < -0.4 is 10.6 Å². The van der Waals surface area contributed by atoms with E-state index in [2.05, 4.69) is 15.6 Å². The SMILES string of the molecule is CC(C)(C)OC(=O)NCc1cccc(Nc2ncccc2Cl)c1. The van der Waals surface area contributed by atoms with Crippen LogP contribution in [0.3, 0.4) is 0 Å². The van der Waals surface area contributed by atoms with Crippen LogP contribution in [0.5, 0.6) is 0 Å². The second-order valence-corrected chi connectivity index (χ2v) is 6.42. The first-order valence-corrected chi connectivity index (χ1v) is 7.64. The third-order valence-electron chi connectivity index (χ3n) is 2.78. The van der Waals surface area contributed by atoms with Crippen LogP contribution in [0.1, 0.15) is 26.3 Å². The second-order valence-electron chi connectivity index (χ2n) is 6.01. The number of carbonyl (C=O) groups excluding carboxylic acids is 1. The van der Waals surface area contributed by atoms with Gasteiger partial charge in [0.2, 0.25) is 0 Å². The van der Waals surface area contributed by atoms with Gasteiger partial charge < -0.3 is 15.4 Å². The molecule has 23 heavy (non-hydrogen) atoms. The number of rotatable bonds is 4. The summed E-state index contributed by atoms with van der Waals surface area (Å²) in [4.78, 5) is 15.9. The normalized spacial score (nSPS) is 11.0. The van der Waals surface area contributed by atoms with Gasteiger partial charge in [0.25, 0.3) is 0 Å². The number of hydrogen-bond acceptors (Lipinski definition) is 4. The fourth-order valence-corrected chi connectivity index (χ4v) is 2.03. The summed E-state index contributed by atoms with van der Waals surface area (Å²) in [6.07, 6.45) is 1.23. The maximum absolute atomic E-state index is 11.7. The first-order valence-electron chi connectivity index (χ1n) is 7.27. The minimum Gasteiger partial charge on any atom is -0.444 e. The highest BCUT2D eigenvalue weighted by atomic mass is 35.5. The Balaban J connectivity index is 1.97. The molecule has 122 valence electrons. The molecule has 6 heteroatoms. The van der Waals surface area contributed by atoms with E-state index < -0.39 is 11.7 Å². The van der Waals surface area contributed by atoms with Gasteiger partial charge in [-0.3, -0.25) is 0 Å². The Morgan fingerprint density at radius 1 is 1.26 bits per heavy atom. The Hall–Kier alpha value is -2.27. The lowest BCUT2D eigenvalue weighted by molar-refractivity contribution is 0.0523. The topological polar surface area (TPSA) is 63.2 Å². The lowest BCUT2D eigenvalue weighted by Crippen LogP contribution is -2.32. The number of nitrogens with zero attached hydrogens (tertiary/aromatic N) is 1. The third kappa shape index (κ3) is 5.79. The predicted octanol–water partition coefficient (Wildman–Crippen LogP) is 4.50. The first-order chi connectivity index (χ1) is 10.8. The Bertz CT molecular complexity index is 684. The van der Waals surface area contributed by atoms with Crippen molar-refractivity contribution in [3.63, 3.8) is 0 Å². The molecule has 0 fully saturated rings. The smallest absolute Gasteiger partial charge is 0.407 e. The number of ether oxygens (including phenoxy) is 1. The van der Waals surface area contributed by atoms with Crippen molar-refractivity contribution in [2.75, 3.05) is 5.32 Å². The summed E-state index contributed by atoms with van der Waals surface area (Å²) in [6.45, 7) is 5.86. The van der Waals surface area contributed by atoms with Gasteiger partial charge in [0.05, 0.1) is 5.02 Å². The van der Waals surface area contributed by atoms with Gasteiger partial charge in [0.1, 0.15) is 11.4 Å². The van der Waals surface area contributed by atoms with Gasteiger partial charge in [-0.2, -0.15) is 0 Å². The summed E-state index contributed by atoms with van der Waals surface area (Å²) in [5, 5.41) is 6.42. The molecule has 2 rings (SSSR count). The molecular formula is C17H20ClN3O2. The Kier molecular flexibility index (Phi) is 5.45. The Morgan fingerprint density at radius 2 is 2.04 bits per heavy atom. The fraction of sp³-hybridized carbons (Fsp3) is 0.294. The molecule has 1 amide bonds. The zero-order valence-corrected chi connectivity index (χ0v) is 14.1. The van der Waals surface area contributed by atoms with E-state index in [0.717, 1.165) is 11.3 Å². The van der Waals surface area contributed by atoms with Gasteiger partial charge in [0.15, 0.2) is 0 Å². The van der Waals surface area contributed by atoms with Crippen LogP contribution in [0.2, 0.25) is 5.02 Å². The molecule has 0 unspecified atom stereocenters. The highest BCUT2D eigenvalue weighted by Gasteiger charge is 2.15. The summed E-state index contributed by atoms with van der Waals surface area (Å²) in [6, 6.07) is 11.2. The second kappa shape index (κ2) is 7.33. The maximum atomic E-state index is 11.7. The molecule has 2 aromatic rings. The van der Waals surface area contributed by atoms with Crippen LogP contribution in [-0.4, -0.2) is 16.7 Å². The molecule has 1 aromatic carbocycles. The van der Waals surface area contributed by atoms with E-state index in [0.29, 0.717) is 17.4 Å². The van der Waals surface area contributed by atoms with E-state index >= 15 is 0 Å². The van der Waals surface area contributed by atoms with Crippen molar-refractivity contribution in [1.29, 1.82) is 0 Å². The van der Waals surface area contributed by atoms with Crippen molar-refractivity contribution in [3.05, 3.63) is 53.2 Å². The summed E-state index contributed by atoms with van der Waals surface area (Å²) in [7, 11) is 0. The number of hydrogen-bond donors (Lipinski definition) is 2. The van der Waals surface area contributed by atoms with E-state index in [-0.39, 0.29) is 0 Å². The number of amides is 1. The number of alkyl carbamates (subject to hydrolysis) is 1. The molecule has 0 radical (unpaired) electrons. The zero-order valence-electron chi connectivity index (χ0n) is 13.4. The molecule has 0 spiro atoms. The van der Waals surface area contributed by atoms with Crippen LogP contribution in [-0.2, 0) is 11.3 Å². The molecule has 2 N–H and O–H groups in total. The fourth-order valence-electron chi connectivity index (χ4n) is 1.86. The number of carbonyl (C=O) groups is 1. The Morgan fingerprint density at radius 3 is 2.74 bits per heavy atom. The molecule has 0 bridgehead atoms. The third-order valence-corrected chi connectivity index (χ3v) is 3.09. The molecule has 1 aromatic heterocycles. The van der Waals surface area contributed by atoms with Crippen LogP contribution in [0.25, 0.3) is 0 Å². The number of benzene rings is 1. The van der Waals surface area contributed by atoms with Gasteiger partial charge in [0, 0.05) is 18.4 Å². The molecule has 0 aliphatic heterocycles. The molecule has 0 saturated heterocycles. The lowest BCUT2D eigenvalue weighted by Gasteiger charge is -2.19. The molecule has 1 heterocycles. The quantitative estimate of drug-likeness (QED) is 0.864. The predicted molar refractivity (Wildman–Crippen MR) is 92.0 cm³/mol. The Labute approximate surface area is 141 Å². The highest BCUT2D eigenvalue weighted by Crippen LogP contribution is 2.22. The van der Waals surface area contributed by atoms with Crippen molar-refractivity contribution < 1.29 is 9.53 Å². The van der Waals surface area contributed by atoms with Gasteiger partial charge >= 0.3 is 6.09 Å². The van der Waals surface area contributed by atoms with Crippen molar-refractivity contribution in [2.45, 2.75) is 32.9 Å². The lowest BCUT2D eigenvalue weighted by atomic mass is 10.2. The first kappa shape index (κ1) is 17.1. The van der Waals surface area contributed by atoms with Crippen LogP contribution in [0.15, 0.2) is 42.6 Å². The summed E-state index contributed by atoms with van der Waals surface area (Å²) in [5.74, 6) is 0.589. The molecule has 0 aliphatic carbocycles. The van der Waals surface area contributed by atoms with E-state index in [9.17, 15) is 4.79 Å². The van der Waals surface area contributed by atoms with Crippen molar-refractivity contribution in [3.8, 4) is 0 Å². The summed E-state index contributed by atoms with van der Waals surface area (Å²) < 4.78 is 5.21. The number of halogens is 1. The van der Waals surface area contributed by atoms with E-state index in [1.807, 2.05) is 45.0 Å². The number of aromatic nitrogens is 1. The van der Waals surface area contributed by atoms with Crippen LogP contribution >= 0.6 is 11.6 Å². The highest BCUT2D eigenvalue weighted by molar-refractivity contribution is 6.33. The number of nitrogens with one attached hydrogen (secondary N) is 2. The minimum absolute atomic E-state index is 0.375. The molecule has 0 saturated carbocycles.